The van der Waals surface area contributed by atoms with Crippen molar-refractivity contribution in [2.45, 2.75) is 31.2 Å². The van der Waals surface area contributed by atoms with Gasteiger partial charge in [0, 0.05) is 17.7 Å². The third kappa shape index (κ3) is 2.81. The van der Waals surface area contributed by atoms with Crippen LogP contribution in [-0.4, -0.2) is 13.0 Å². The molecule has 23 heavy (non-hydrogen) atoms. The predicted molar refractivity (Wildman–Crippen MR) is 86.8 cm³/mol. The SMILES string of the molecule is COc1ccccc1CNC(=O)C1(c2ccccc2F)CCC1. The van der Waals surface area contributed by atoms with E-state index in [2.05, 4.69) is 5.32 Å². The van der Waals surface area contributed by atoms with Crippen LogP contribution >= 0.6 is 0 Å². The fourth-order valence-corrected chi connectivity index (χ4v) is 3.19. The van der Waals surface area contributed by atoms with Crippen LogP contribution in [0.25, 0.3) is 0 Å². The van der Waals surface area contributed by atoms with Gasteiger partial charge in [0.05, 0.1) is 12.5 Å². The molecule has 1 aliphatic carbocycles. The molecule has 0 aromatic heterocycles. The van der Waals surface area contributed by atoms with E-state index in [1.165, 1.54) is 6.07 Å². The molecular formula is C19H20FNO2. The van der Waals surface area contributed by atoms with Gasteiger partial charge in [0.1, 0.15) is 11.6 Å². The number of benzene rings is 2. The fourth-order valence-electron chi connectivity index (χ4n) is 3.19. The lowest BCUT2D eigenvalue weighted by atomic mass is 9.63. The molecule has 0 saturated heterocycles. The van der Waals surface area contributed by atoms with E-state index in [0.29, 0.717) is 24.9 Å². The average molecular weight is 313 g/mol. The first-order chi connectivity index (χ1) is 11.2. The van der Waals surface area contributed by atoms with E-state index in [4.69, 9.17) is 4.74 Å². The summed E-state index contributed by atoms with van der Waals surface area (Å²) in [6.45, 7) is 0.374. The maximum atomic E-state index is 14.1. The first-order valence-electron chi connectivity index (χ1n) is 7.82. The van der Waals surface area contributed by atoms with E-state index in [-0.39, 0.29) is 11.7 Å². The van der Waals surface area contributed by atoms with Crippen LogP contribution in [0.5, 0.6) is 5.75 Å². The highest BCUT2D eigenvalue weighted by molar-refractivity contribution is 5.89. The fraction of sp³-hybridized carbons (Fsp3) is 0.316. The predicted octanol–water partition coefficient (Wildman–Crippen LogP) is 3.57. The molecule has 1 aliphatic rings. The molecule has 0 bridgehead atoms. The van der Waals surface area contributed by atoms with Gasteiger partial charge in [-0.1, -0.05) is 42.8 Å². The average Bonchev–Trinajstić information content (AvgIpc) is 2.54. The number of nitrogens with one attached hydrogen (secondary N) is 1. The molecule has 0 heterocycles. The molecule has 0 aliphatic heterocycles. The van der Waals surface area contributed by atoms with E-state index in [0.717, 1.165) is 17.7 Å². The Balaban J connectivity index is 1.78. The van der Waals surface area contributed by atoms with Crippen LogP contribution in [0, 0.1) is 5.82 Å². The summed E-state index contributed by atoms with van der Waals surface area (Å²) in [4.78, 5) is 12.8. The first kappa shape index (κ1) is 15.5. The molecule has 1 amide bonds. The van der Waals surface area contributed by atoms with Gasteiger partial charge >= 0.3 is 0 Å². The Morgan fingerprint density at radius 3 is 2.52 bits per heavy atom. The van der Waals surface area contributed by atoms with Crippen LogP contribution in [0.2, 0.25) is 0 Å². The zero-order valence-corrected chi connectivity index (χ0v) is 13.1. The molecule has 3 rings (SSSR count). The van der Waals surface area contributed by atoms with Crippen molar-refractivity contribution in [3.05, 3.63) is 65.5 Å². The van der Waals surface area contributed by atoms with Crippen molar-refractivity contribution in [2.24, 2.45) is 0 Å². The van der Waals surface area contributed by atoms with Crippen LogP contribution in [0.3, 0.4) is 0 Å². The number of ether oxygens (including phenoxy) is 1. The lowest BCUT2D eigenvalue weighted by Crippen LogP contribution is -2.49. The number of para-hydroxylation sites is 1. The van der Waals surface area contributed by atoms with Crippen molar-refractivity contribution in [3.63, 3.8) is 0 Å². The van der Waals surface area contributed by atoms with Crippen LogP contribution in [0.4, 0.5) is 4.39 Å². The van der Waals surface area contributed by atoms with Gasteiger partial charge in [-0.05, 0) is 25.0 Å². The van der Waals surface area contributed by atoms with Crippen molar-refractivity contribution in [1.29, 1.82) is 0 Å². The van der Waals surface area contributed by atoms with Crippen LogP contribution < -0.4 is 10.1 Å². The van der Waals surface area contributed by atoms with E-state index < -0.39 is 5.41 Å². The van der Waals surface area contributed by atoms with E-state index >= 15 is 0 Å². The van der Waals surface area contributed by atoms with Crippen LogP contribution in [0.1, 0.15) is 30.4 Å². The summed E-state index contributed by atoms with van der Waals surface area (Å²) < 4.78 is 19.4. The third-order valence-corrected chi connectivity index (χ3v) is 4.66. The molecule has 1 fully saturated rings. The lowest BCUT2D eigenvalue weighted by molar-refractivity contribution is -0.130. The van der Waals surface area contributed by atoms with Crippen molar-refractivity contribution < 1.29 is 13.9 Å². The zero-order valence-electron chi connectivity index (χ0n) is 13.1. The second kappa shape index (κ2) is 6.41. The normalized spacial score (nSPS) is 15.6. The van der Waals surface area contributed by atoms with Crippen LogP contribution in [-0.2, 0) is 16.8 Å². The quantitative estimate of drug-likeness (QED) is 0.916. The maximum Gasteiger partial charge on any atom is 0.231 e. The smallest absolute Gasteiger partial charge is 0.231 e. The van der Waals surface area contributed by atoms with E-state index in [9.17, 15) is 9.18 Å². The van der Waals surface area contributed by atoms with Gasteiger partial charge in [0.2, 0.25) is 5.91 Å². The summed E-state index contributed by atoms with van der Waals surface area (Å²) in [5, 5.41) is 2.96. The highest BCUT2D eigenvalue weighted by atomic mass is 19.1. The van der Waals surface area contributed by atoms with Gasteiger partial charge in [0.15, 0.2) is 0 Å². The van der Waals surface area contributed by atoms with Gasteiger partial charge < -0.3 is 10.1 Å². The van der Waals surface area contributed by atoms with E-state index in [1.54, 1.807) is 25.3 Å². The molecule has 2 aromatic carbocycles. The molecule has 4 heteroatoms. The number of carbonyl (C=O) groups is 1. The number of hydrogen-bond donors (Lipinski definition) is 1. The number of halogens is 1. The first-order valence-corrected chi connectivity index (χ1v) is 7.82. The summed E-state index contributed by atoms with van der Waals surface area (Å²) in [6.07, 6.45) is 2.31. The summed E-state index contributed by atoms with van der Waals surface area (Å²) in [5.74, 6) is 0.320. The summed E-state index contributed by atoms with van der Waals surface area (Å²) >= 11 is 0. The largest absolute Gasteiger partial charge is 0.496 e. The van der Waals surface area contributed by atoms with Crippen molar-refractivity contribution in [3.8, 4) is 5.75 Å². The number of amides is 1. The van der Waals surface area contributed by atoms with Gasteiger partial charge in [-0.25, -0.2) is 4.39 Å². The Morgan fingerprint density at radius 1 is 1.17 bits per heavy atom. The minimum absolute atomic E-state index is 0.111. The molecule has 0 atom stereocenters. The molecular weight excluding hydrogens is 293 g/mol. The topological polar surface area (TPSA) is 38.3 Å². The maximum absolute atomic E-state index is 14.1. The number of methoxy groups -OCH3 is 1. The Morgan fingerprint density at radius 2 is 1.87 bits per heavy atom. The molecule has 2 aromatic rings. The zero-order chi connectivity index (χ0) is 16.3. The van der Waals surface area contributed by atoms with Crippen molar-refractivity contribution in [2.75, 3.05) is 7.11 Å². The lowest BCUT2D eigenvalue weighted by Gasteiger charge is -2.40. The Kier molecular flexibility index (Phi) is 4.33. The Labute approximate surface area is 135 Å². The highest BCUT2D eigenvalue weighted by Gasteiger charge is 2.46. The summed E-state index contributed by atoms with van der Waals surface area (Å²) in [5.41, 5.74) is 0.683. The molecule has 0 radical (unpaired) electrons. The van der Waals surface area contributed by atoms with Crippen molar-refractivity contribution >= 4 is 5.91 Å². The molecule has 3 nitrogen and oxygen atoms in total. The standard InChI is InChI=1S/C19H20FNO2/c1-23-17-10-5-2-7-14(17)13-21-18(22)19(11-6-12-19)15-8-3-4-9-16(15)20/h2-5,7-10H,6,11-13H2,1H3,(H,21,22). The third-order valence-electron chi connectivity index (χ3n) is 4.66. The summed E-state index contributed by atoms with van der Waals surface area (Å²) in [6, 6.07) is 14.1. The molecule has 120 valence electrons. The van der Waals surface area contributed by atoms with Gasteiger partial charge in [0.25, 0.3) is 0 Å². The van der Waals surface area contributed by atoms with Crippen molar-refractivity contribution in [1.82, 2.24) is 5.32 Å². The highest BCUT2D eigenvalue weighted by Crippen LogP contribution is 2.45. The molecule has 0 unspecified atom stereocenters. The second-order valence-corrected chi connectivity index (χ2v) is 5.91. The number of hydrogen-bond acceptors (Lipinski definition) is 2. The van der Waals surface area contributed by atoms with Gasteiger partial charge in [-0.15, -0.1) is 0 Å². The van der Waals surface area contributed by atoms with Gasteiger partial charge in [-0.2, -0.15) is 0 Å². The second-order valence-electron chi connectivity index (χ2n) is 5.91. The minimum Gasteiger partial charge on any atom is -0.496 e. The van der Waals surface area contributed by atoms with Gasteiger partial charge in [-0.3, -0.25) is 4.79 Å². The summed E-state index contributed by atoms with van der Waals surface area (Å²) in [7, 11) is 1.60. The minimum atomic E-state index is -0.729. The number of carbonyl (C=O) groups excluding carboxylic acids is 1. The molecule has 1 N–H and O–H groups in total. The number of rotatable bonds is 5. The molecule has 0 spiro atoms. The van der Waals surface area contributed by atoms with Crippen LogP contribution in [0.15, 0.2) is 48.5 Å². The van der Waals surface area contributed by atoms with E-state index in [1.807, 2.05) is 24.3 Å². The monoisotopic (exact) mass is 313 g/mol. The Hall–Kier alpha value is -2.36. The molecule has 1 saturated carbocycles. The Bertz CT molecular complexity index is 710.